The van der Waals surface area contributed by atoms with E-state index >= 15 is 0 Å². The second-order valence-electron chi connectivity index (χ2n) is 5.61. The molecule has 0 bridgehead atoms. The fourth-order valence-corrected chi connectivity index (χ4v) is 2.35. The van der Waals surface area contributed by atoms with Crippen molar-refractivity contribution in [3.05, 3.63) is 66.0 Å². The van der Waals surface area contributed by atoms with Crippen LogP contribution in [0.3, 0.4) is 0 Å². The van der Waals surface area contributed by atoms with Crippen LogP contribution in [0.25, 0.3) is 0 Å². The molecule has 4 nitrogen and oxygen atoms in total. The Balaban J connectivity index is 1.94. The molecule has 0 fully saturated rings. The molecule has 24 heavy (non-hydrogen) atoms. The van der Waals surface area contributed by atoms with Crippen LogP contribution in [-0.4, -0.2) is 30.3 Å². The molecule has 0 saturated carbocycles. The van der Waals surface area contributed by atoms with Crippen molar-refractivity contribution in [3.63, 3.8) is 0 Å². The molecular formula is C19H21FN2O2. The lowest BCUT2D eigenvalue weighted by atomic mass is 10.2. The van der Waals surface area contributed by atoms with Crippen LogP contribution in [0.15, 0.2) is 54.6 Å². The third-order valence-electron chi connectivity index (χ3n) is 3.85. The van der Waals surface area contributed by atoms with Gasteiger partial charge in [-0.15, -0.1) is 0 Å². The van der Waals surface area contributed by atoms with E-state index in [1.165, 1.54) is 19.1 Å². The summed E-state index contributed by atoms with van der Waals surface area (Å²) in [4.78, 5) is 27.3. The number of para-hydroxylation sites is 1. The largest absolute Gasteiger partial charge is 0.338 e. The van der Waals surface area contributed by atoms with Crippen LogP contribution in [0.2, 0.25) is 0 Å². The predicted molar refractivity (Wildman–Crippen MR) is 92.0 cm³/mol. The Kier molecular flexibility index (Phi) is 6.07. The number of benzene rings is 2. The minimum atomic E-state index is -0.312. The van der Waals surface area contributed by atoms with Crippen LogP contribution in [0.1, 0.15) is 18.9 Å². The molecule has 0 aliphatic rings. The highest BCUT2D eigenvalue weighted by Gasteiger charge is 2.15. The summed E-state index contributed by atoms with van der Waals surface area (Å²) in [6.07, 6.45) is 0.228. The molecule has 0 heterocycles. The van der Waals surface area contributed by atoms with Gasteiger partial charge in [0.2, 0.25) is 11.8 Å². The maximum absolute atomic E-state index is 13.0. The summed E-state index contributed by atoms with van der Waals surface area (Å²) in [6, 6.07) is 15.4. The van der Waals surface area contributed by atoms with Gasteiger partial charge in [0, 0.05) is 39.2 Å². The average molecular weight is 328 g/mol. The Morgan fingerprint density at radius 2 is 1.62 bits per heavy atom. The van der Waals surface area contributed by atoms with Gasteiger partial charge in [0.1, 0.15) is 5.82 Å². The van der Waals surface area contributed by atoms with Gasteiger partial charge in [0.25, 0.3) is 0 Å². The van der Waals surface area contributed by atoms with E-state index in [9.17, 15) is 14.0 Å². The highest BCUT2D eigenvalue weighted by molar-refractivity contribution is 5.93. The molecule has 0 aromatic heterocycles. The Bertz CT molecular complexity index is 686. The third-order valence-corrected chi connectivity index (χ3v) is 3.85. The van der Waals surface area contributed by atoms with Gasteiger partial charge < -0.3 is 9.80 Å². The van der Waals surface area contributed by atoms with Gasteiger partial charge in [-0.3, -0.25) is 9.59 Å². The zero-order valence-electron chi connectivity index (χ0n) is 13.9. The van der Waals surface area contributed by atoms with Crippen molar-refractivity contribution < 1.29 is 14.0 Å². The van der Waals surface area contributed by atoms with Gasteiger partial charge in [0.05, 0.1) is 0 Å². The highest BCUT2D eigenvalue weighted by atomic mass is 19.1. The maximum atomic E-state index is 13.0. The van der Waals surface area contributed by atoms with E-state index in [1.807, 2.05) is 30.3 Å². The molecule has 0 aliphatic heterocycles. The molecule has 0 saturated heterocycles. The number of rotatable bonds is 6. The summed E-state index contributed by atoms with van der Waals surface area (Å²) in [6.45, 7) is 2.15. The van der Waals surface area contributed by atoms with Crippen molar-refractivity contribution in [3.8, 4) is 0 Å². The van der Waals surface area contributed by atoms with Crippen LogP contribution < -0.4 is 4.90 Å². The Morgan fingerprint density at radius 1 is 1.00 bits per heavy atom. The summed E-state index contributed by atoms with van der Waals surface area (Å²) in [7, 11) is 1.72. The zero-order chi connectivity index (χ0) is 17.5. The van der Waals surface area contributed by atoms with Gasteiger partial charge in [-0.25, -0.2) is 4.39 Å². The van der Waals surface area contributed by atoms with Crippen LogP contribution >= 0.6 is 0 Å². The van der Waals surface area contributed by atoms with Crippen molar-refractivity contribution in [2.24, 2.45) is 0 Å². The lowest BCUT2D eigenvalue weighted by Crippen LogP contribution is -2.34. The van der Waals surface area contributed by atoms with E-state index in [0.717, 1.165) is 11.3 Å². The number of anilines is 1. The van der Waals surface area contributed by atoms with E-state index in [0.29, 0.717) is 13.1 Å². The summed E-state index contributed by atoms with van der Waals surface area (Å²) < 4.78 is 13.0. The van der Waals surface area contributed by atoms with E-state index in [2.05, 4.69) is 0 Å². The van der Waals surface area contributed by atoms with Crippen molar-refractivity contribution in [1.82, 2.24) is 4.90 Å². The second-order valence-corrected chi connectivity index (χ2v) is 5.61. The number of hydrogen-bond acceptors (Lipinski definition) is 2. The van der Waals surface area contributed by atoms with E-state index in [-0.39, 0.29) is 24.1 Å². The minimum absolute atomic E-state index is 0.0634. The number of carbonyl (C=O) groups is 2. The lowest BCUT2D eigenvalue weighted by Gasteiger charge is -2.23. The normalized spacial score (nSPS) is 10.3. The van der Waals surface area contributed by atoms with Gasteiger partial charge >= 0.3 is 0 Å². The first-order valence-corrected chi connectivity index (χ1v) is 7.79. The van der Waals surface area contributed by atoms with E-state index in [1.54, 1.807) is 29.0 Å². The fraction of sp³-hybridized carbons (Fsp3) is 0.263. The van der Waals surface area contributed by atoms with Crippen LogP contribution in [0.5, 0.6) is 0 Å². The number of halogens is 1. The molecule has 5 heteroatoms. The molecule has 0 radical (unpaired) electrons. The van der Waals surface area contributed by atoms with Crippen molar-refractivity contribution in [2.45, 2.75) is 19.9 Å². The number of carbonyl (C=O) groups excluding carboxylic acids is 2. The quantitative estimate of drug-likeness (QED) is 0.817. The topological polar surface area (TPSA) is 40.6 Å². The SMILES string of the molecule is CC(=O)N(CCC(=O)N(C)c1ccccc1)Cc1ccc(F)cc1. The molecule has 2 amide bonds. The van der Waals surface area contributed by atoms with Gasteiger partial charge in [-0.1, -0.05) is 30.3 Å². The van der Waals surface area contributed by atoms with Gasteiger partial charge in [-0.2, -0.15) is 0 Å². The number of amides is 2. The molecule has 2 aromatic carbocycles. The number of nitrogens with zero attached hydrogens (tertiary/aromatic N) is 2. The van der Waals surface area contributed by atoms with E-state index < -0.39 is 0 Å². The summed E-state index contributed by atoms with van der Waals surface area (Å²) in [5.41, 5.74) is 1.64. The fourth-order valence-electron chi connectivity index (χ4n) is 2.35. The molecule has 2 aromatic rings. The van der Waals surface area contributed by atoms with Crippen LogP contribution in [0, 0.1) is 5.82 Å². The Labute approximate surface area is 141 Å². The Morgan fingerprint density at radius 3 is 2.21 bits per heavy atom. The summed E-state index contributed by atoms with van der Waals surface area (Å²) in [5.74, 6) is -0.492. The molecule has 0 atom stereocenters. The van der Waals surface area contributed by atoms with Crippen LogP contribution in [-0.2, 0) is 16.1 Å². The predicted octanol–water partition coefficient (Wildman–Crippen LogP) is 3.23. The minimum Gasteiger partial charge on any atom is -0.338 e. The van der Waals surface area contributed by atoms with Crippen molar-refractivity contribution >= 4 is 17.5 Å². The molecular weight excluding hydrogens is 307 g/mol. The summed E-state index contributed by atoms with van der Waals surface area (Å²) in [5, 5.41) is 0. The summed E-state index contributed by atoms with van der Waals surface area (Å²) >= 11 is 0. The lowest BCUT2D eigenvalue weighted by molar-refractivity contribution is -0.130. The number of hydrogen-bond donors (Lipinski definition) is 0. The Hall–Kier alpha value is -2.69. The van der Waals surface area contributed by atoms with Gasteiger partial charge in [-0.05, 0) is 29.8 Å². The van der Waals surface area contributed by atoms with Crippen molar-refractivity contribution in [2.75, 3.05) is 18.5 Å². The first kappa shape index (κ1) is 17.7. The zero-order valence-corrected chi connectivity index (χ0v) is 13.9. The van der Waals surface area contributed by atoms with E-state index in [4.69, 9.17) is 0 Å². The first-order valence-electron chi connectivity index (χ1n) is 7.79. The van der Waals surface area contributed by atoms with Crippen LogP contribution in [0.4, 0.5) is 10.1 Å². The second kappa shape index (κ2) is 8.24. The molecule has 0 unspecified atom stereocenters. The maximum Gasteiger partial charge on any atom is 0.228 e. The first-order chi connectivity index (χ1) is 11.5. The smallest absolute Gasteiger partial charge is 0.228 e. The third kappa shape index (κ3) is 4.91. The molecule has 0 aliphatic carbocycles. The average Bonchev–Trinajstić information content (AvgIpc) is 2.59. The van der Waals surface area contributed by atoms with Gasteiger partial charge in [0.15, 0.2) is 0 Å². The van der Waals surface area contributed by atoms with Crippen molar-refractivity contribution in [1.29, 1.82) is 0 Å². The standard InChI is InChI=1S/C19H21FN2O2/c1-15(23)22(14-16-8-10-17(20)11-9-16)13-12-19(24)21(2)18-6-4-3-5-7-18/h3-11H,12-14H2,1-2H3. The molecule has 0 N–H and O–H groups in total. The molecule has 0 spiro atoms. The monoisotopic (exact) mass is 328 g/mol. The molecule has 126 valence electrons. The molecule has 2 rings (SSSR count). The highest BCUT2D eigenvalue weighted by Crippen LogP contribution is 2.13.